The normalized spacial score (nSPS) is 29.4. The Morgan fingerprint density at radius 1 is 1.17 bits per heavy atom. The Kier molecular flexibility index (Phi) is 4.17. The summed E-state index contributed by atoms with van der Waals surface area (Å²) in [5.74, 6) is -0.956. The maximum atomic E-state index is 12.7. The lowest BCUT2D eigenvalue weighted by Gasteiger charge is -2.50. The molecule has 3 N–H and O–H groups in total. The monoisotopic (exact) mass is 373 g/mol. The van der Waals surface area contributed by atoms with Crippen LogP contribution >= 0.6 is 11.3 Å². The maximum absolute atomic E-state index is 12.7. The van der Waals surface area contributed by atoms with Crippen LogP contribution in [0.15, 0.2) is 10.4 Å². The Bertz CT molecular complexity index is 762. The average Bonchev–Trinajstić information content (AvgIpc) is 3.05. The van der Waals surface area contributed by atoms with Crippen LogP contribution in [0.25, 0.3) is 0 Å². The highest BCUT2D eigenvalue weighted by atomic mass is 32.2. The minimum Gasteiger partial charge on any atom is -0.481 e. The zero-order chi connectivity index (χ0) is 17.6. The van der Waals surface area contributed by atoms with Crippen molar-refractivity contribution >= 4 is 38.4 Å². The van der Waals surface area contributed by atoms with E-state index in [1.54, 1.807) is 0 Å². The molecule has 0 unspecified atom stereocenters. The number of nitrogens with zero attached hydrogens (tertiary/aromatic N) is 1. The number of aliphatic carboxylic acids is 1. The van der Waals surface area contributed by atoms with E-state index in [4.69, 9.17) is 0 Å². The van der Waals surface area contributed by atoms with Gasteiger partial charge < -0.3 is 10.4 Å². The fourth-order valence-electron chi connectivity index (χ4n) is 3.62. The summed E-state index contributed by atoms with van der Waals surface area (Å²) in [5, 5.41) is 12.4. The van der Waals surface area contributed by atoms with Crippen molar-refractivity contribution < 1.29 is 23.1 Å². The van der Waals surface area contributed by atoms with Crippen molar-refractivity contribution in [2.45, 2.75) is 42.7 Å². The first-order chi connectivity index (χ1) is 11.2. The predicted octanol–water partition coefficient (Wildman–Crippen LogP) is 1.41. The molecule has 132 valence electrons. The Balaban J connectivity index is 1.72. The van der Waals surface area contributed by atoms with Crippen molar-refractivity contribution in [3.63, 3.8) is 0 Å². The zero-order valence-corrected chi connectivity index (χ0v) is 14.8. The van der Waals surface area contributed by atoms with E-state index in [0.29, 0.717) is 38.5 Å². The molecule has 4 rings (SSSR count). The van der Waals surface area contributed by atoms with E-state index < -0.39 is 26.8 Å². The van der Waals surface area contributed by atoms with Gasteiger partial charge in [-0.05, 0) is 45.6 Å². The second kappa shape index (κ2) is 5.78. The minimum atomic E-state index is -3.58. The van der Waals surface area contributed by atoms with Crippen LogP contribution in [0.2, 0.25) is 0 Å². The van der Waals surface area contributed by atoms with E-state index in [9.17, 15) is 23.1 Å². The molecule has 10 heteroatoms. The molecule has 1 heterocycles. The van der Waals surface area contributed by atoms with Crippen LogP contribution in [0.4, 0.5) is 5.13 Å². The molecule has 24 heavy (non-hydrogen) atoms. The van der Waals surface area contributed by atoms with Gasteiger partial charge in [0.05, 0.1) is 11.6 Å². The number of hydrogen-bond donors (Lipinski definition) is 3. The van der Waals surface area contributed by atoms with Crippen LogP contribution in [-0.4, -0.2) is 37.4 Å². The Morgan fingerprint density at radius 2 is 1.71 bits per heavy atom. The largest absolute Gasteiger partial charge is 0.481 e. The smallest absolute Gasteiger partial charge is 0.309 e. The summed E-state index contributed by atoms with van der Waals surface area (Å²) in [4.78, 5) is 28.1. The molecule has 2 bridgehead atoms. The summed E-state index contributed by atoms with van der Waals surface area (Å²) in [6.07, 6.45) is 4.35. The molecular formula is C14H19N3O5S2. The topological polar surface area (TPSA) is 125 Å². The van der Waals surface area contributed by atoms with Crippen LogP contribution in [-0.2, 0) is 19.6 Å². The number of fused-ring (bicyclic) bond motifs is 3. The number of amides is 1. The molecule has 0 aromatic carbocycles. The van der Waals surface area contributed by atoms with Crippen LogP contribution < -0.4 is 10.0 Å². The molecule has 3 aliphatic rings. The number of carbonyl (C=O) groups is 2. The number of nitrogens with one attached hydrogen (secondary N) is 2. The quantitative estimate of drug-likeness (QED) is 0.717. The average molecular weight is 373 g/mol. The van der Waals surface area contributed by atoms with Crippen molar-refractivity contribution in [3.8, 4) is 0 Å². The fourth-order valence-corrected chi connectivity index (χ4v) is 5.48. The van der Waals surface area contributed by atoms with E-state index in [0.717, 1.165) is 11.3 Å². The third-order valence-electron chi connectivity index (χ3n) is 5.42. The molecule has 0 saturated heterocycles. The number of hydrogen-bond acceptors (Lipinski definition) is 6. The van der Waals surface area contributed by atoms with Crippen molar-refractivity contribution in [1.82, 2.24) is 9.71 Å². The Labute approximate surface area is 143 Å². The zero-order valence-electron chi connectivity index (χ0n) is 13.2. The third-order valence-corrected chi connectivity index (χ3v) is 8.21. The number of thiazole rings is 1. The summed E-state index contributed by atoms with van der Waals surface area (Å²) in [5.41, 5.74) is -1.23. The van der Waals surface area contributed by atoms with Gasteiger partial charge >= 0.3 is 5.97 Å². The highest BCUT2D eigenvalue weighted by Crippen LogP contribution is 2.57. The van der Waals surface area contributed by atoms with Gasteiger partial charge in [-0.15, -0.1) is 0 Å². The molecular weight excluding hydrogens is 354 g/mol. The predicted molar refractivity (Wildman–Crippen MR) is 87.2 cm³/mol. The first kappa shape index (κ1) is 17.3. The lowest BCUT2D eigenvalue weighted by Crippen LogP contribution is -2.50. The number of carbonyl (C=O) groups excluding carboxylic acids is 1. The van der Waals surface area contributed by atoms with Gasteiger partial charge in [-0.2, -0.15) is 0 Å². The van der Waals surface area contributed by atoms with Crippen LogP contribution in [0, 0.1) is 10.8 Å². The first-order valence-electron chi connectivity index (χ1n) is 7.67. The van der Waals surface area contributed by atoms with Gasteiger partial charge in [0.1, 0.15) is 0 Å². The number of carboxylic acids is 1. The molecule has 1 aromatic rings. The first-order valence-corrected chi connectivity index (χ1v) is 9.97. The maximum Gasteiger partial charge on any atom is 0.309 e. The highest BCUT2D eigenvalue weighted by molar-refractivity contribution is 7.91. The van der Waals surface area contributed by atoms with E-state index in [2.05, 4.69) is 15.0 Å². The van der Waals surface area contributed by atoms with Crippen LogP contribution in [0.1, 0.15) is 38.5 Å². The van der Waals surface area contributed by atoms with Gasteiger partial charge in [-0.3, -0.25) is 9.59 Å². The summed E-state index contributed by atoms with van der Waals surface area (Å²) < 4.78 is 25.7. The van der Waals surface area contributed by atoms with E-state index >= 15 is 0 Å². The SMILES string of the molecule is CNS(=O)(=O)c1cnc(NC(=O)C23CCC(C(=O)O)(CC2)CC3)s1. The fraction of sp³-hybridized carbons (Fsp3) is 0.643. The summed E-state index contributed by atoms with van der Waals surface area (Å²) in [7, 11) is -2.27. The Hall–Kier alpha value is -1.52. The lowest BCUT2D eigenvalue weighted by molar-refractivity contribution is -0.162. The van der Waals surface area contributed by atoms with Gasteiger partial charge in [0.15, 0.2) is 9.34 Å². The van der Waals surface area contributed by atoms with Gasteiger partial charge in [0, 0.05) is 5.41 Å². The van der Waals surface area contributed by atoms with E-state index in [-0.39, 0.29) is 15.2 Å². The summed E-state index contributed by atoms with van der Waals surface area (Å²) in [6.45, 7) is 0. The number of carboxylic acid groups (broad SMARTS) is 1. The van der Waals surface area contributed by atoms with Crippen molar-refractivity contribution in [2.24, 2.45) is 10.8 Å². The molecule has 3 aliphatic carbocycles. The molecule has 3 fully saturated rings. The highest BCUT2D eigenvalue weighted by Gasteiger charge is 2.55. The molecule has 0 aliphatic heterocycles. The lowest BCUT2D eigenvalue weighted by atomic mass is 9.53. The Morgan fingerprint density at radius 3 is 2.21 bits per heavy atom. The summed E-state index contributed by atoms with van der Waals surface area (Å²) in [6, 6.07) is 0. The summed E-state index contributed by atoms with van der Waals surface area (Å²) >= 11 is 0.895. The molecule has 1 amide bonds. The van der Waals surface area contributed by atoms with Crippen molar-refractivity contribution in [1.29, 1.82) is 0 Å². The van der Waals surface area contributed by atoms with Gasteiger partial charge in [0.2, 0.25) is 5.91 Å². The molecule has 1 aromatic heterocycles. The minimum absolute atomic E-state index is 0.0370. The van der Waals surface area contributed by atoms with Crippen LogP contribution in [0.5, 0.6) is 0 Å². The number of anilines is 1. The second-order valence-corrected chi connectivity index (χ2v) is 9.66. The molecule has 8 nitrogen and oxygen atoms in total. The van der Waals surface area contributed by atoms with Gasteiger partial charge in [-0.1, -0.05) is 11.3 Å². The van der Waals surface area contributed by atoms with Gasteiger partial charge in [-0.25, -0.2) is 18.1 Å². The molecule has 0 atom stereocenters. The van der Waals surface area contributed by atoms with E-state index in [1.165, 1.54) is 13.2 Å². The van der Waals surface area contributed by atoms with Crippen LogP contribution in [0.3, 0.4) is 0 Å². The number of aromatic nitrogens is 1. The van der Waals surface area contributed by atoms with Gasteiger partial charge in [0.25, 0.3) is 10.0 Å². The van der Waals surface area contributed by atoms with Crippen molar-refractivity contribution in [2.75, 3.05) is 12.4 Å². The van der Waals surface area contributed by atoms with Crippen molar-refractivity contribution in [3.05, 3.63) is 6.20 Å². The number of rotatable bonds is 5. The second-order valence-electron chi connectivity index (χ2n) is 6.51. The number of sulfonamides is 1. The molecule has 3 saturated carbocycles. The molecule has 0 spiro atoms. The molecule has 0 radical (unpaired) electrons. The third kappa shape index (κ3) is 2.72. The van der Waals surface area contributed by atoms with E-state index in [1.807, 2.05) is 0 Å². The standard InChI is InChI=1S/C14H19N3O5S2/c1-15-24(21,22)9-8-16-12(23-9)17-10(18)13-2-5-14(6-3-13,7-4-13)11(19)20/h8,15H,2-7H2,1H3,(H,19,20)(H,16,17,18).